The zero-order valence-electron chi connectivity index (χ0n) is 15.1. The van der Waals surface area contributed by atoms with E-state index in [0.29, 0.717) is 47.6 Å². The van der Waals surface area contributed by atoms with Crippen molar-refractivity contribution >= 4 is 23.3 Å². The minimum Gasteiger partial charge on any atom is -0.339 e. The summed E-state index contributed by atoms with van der Waals surface area (Å²) in [5.74, 6) is 1.21. The molecule has 2 aromatic heterocycles. The van der Waals surface area contributed by atoms with Crippen LogP contribution in [0.3, 0.4) is 0 Å². The van der Waals surface area contributed by atoms with Gasteiger partial charge in [0.05, 0.1) is 16.9 Å². The average molecular weight is 399 g/mol. The van der Waals surface area contributed by atoms with E-state index < -0.39 is 0 Å². The lowest BCUT2D eigenvalue weighted by Crippen LogP contribution is -2.42. The second kappa shape index (κ2) is 8.35. The highest BCUT2D eigenvalue weighted by atomic mass is 35.5. The molecule has 0 radical (unpaired) electrons. The van der Waals surface area contributed by atoms with Gasteiger partial charge < -0.3 is 14.7 Å². The van der Waals surface area contributed by atoms with Crippen molar-refractivity contribution in [1.29, 1.82) is 0 Å². The van der Waals surface area contributed by atoms with Crippen LogP contribution in [0.25, 0.3) is 11.5 Å². The summed E-state index contributed by atoms with van der Waals surface area (Å²) < 4.78 is 5.36. The lowest BCUT2D eigenvalue weighted by atomic mass is 9.95. The number of halogens is 1. The predicted octanol–water partition coefficient (Wildman–Crippen LogP) is 3.67. The molecule has 1 fully saturated rings. The van der Waals surface area contributed by atoms with Crippen molar-refractivity contribution in [3.05, 3.63) is 53.8 Å². The predicted molar refractivity (Wildman–Crippen MR) is 104 cm³/mol. The van der Waals surface area contributed by atoms with Crippen molar-refractivity contribution in [2.75, 3.05) is 18.4 Å². The Hall–Kier alpha value is -3.00. The van der Waals surface area contributed by atoms with E-state index >= 15 is 0 Å². The molecule has 1 saturated heterocycles. The summed E-state index contributed by atoms with van der Waals surface area (Å²) in [6, 6.07) is 7.05. The molecular weight excluding hydrogens is 380 g/mol. The van der Waals surface area contributed by atoms with Gasteiger partial charge in [0, 0.05) is 31.9 Å². The van der Waals surface area contributed by atoms with E-state index in [0.717, 1.165) is 12.8 Å². The number of urea groups is 1. The Morgan fingerprint density at radius 2 is 2.21 bits per heavy atom. The molecule has 144 valence electrons. The quantitative estimate of drug-likeness (QED) is 0.720. The highest BCUT2D eigenvalue weighted by Crippen LogP contribution is 2.24. The van der Waals surface area contributed by atoms with Gasteiger partial charge in [-0.25, -0.2) is 9.78 Å². The highest BCUT2D eigenvalue weighted by molar-refractivity contribution is 6.33. The Kier molecular flexibility index (Phi) is 5.48. The number of anilines is 1. The number of carbonyl (C=O) groups is 1. The molecule has 3 aromatic rings. The van der Waals surface area contributed by atoms with Crippen LogP contribution < -0.4 is 5.32 Å². The second-order valence-electron chi connectivity index (χ2n) is 6.67. The Bertz CT molecular complexity index is 948. The number of piperidine rings is 1. The van der Waals surface area contributed by atoms with Crippen molar-refractivity contribution in [2.24, 2.45) is 5.92 Å². The largest absolute Gasteiger partial charge is 0.339 e. The van der Waals surface area contributed by atoms with Gasteiger partial charge in [0.2, 0.25) is 11.7 Å². The van der Waals surface area contributed by atoms with Crippen LogP contribution in [0.15, 0.2) is 47.4 Å². The Morgan fingerprint density at radius 1 is 1.32 bits per heavy atom. The van der Waals surface area contributed by atoms with Crippen molar-refractivity contribution < 1.29 is 9.32 Å². The van der Waals surface area contributed by atoms with Crippen LogP contribution in [0.5, 0.6) is 0 Å². The molecule has 1 aliphatic heterocycles. The van der Waals surface area contributed by atoms with Gasteiger partial charge in [-0.1, -0.05) is 28.9 Å². The fourth-order valence-corrected chi connectivity index (χ4v) is 3.46. The molecule has 1 aliphatic rings. The maximum atomic E-state index is 12.6. The van der Waals surface area contributed by atoms with Crippen LogP contribution in [0, 0.1) is 5.92 Å². The summed E-state index contributed by atoms with van der Waals surface area (Å²) in [7, 11) is 0. The van der Waals surface area contributed by atoms with Crippen molar-refractivity contribution in [1.82, 2.24) is 25.0 Å². The number of benzene rings is 1. The van der Waals surface area contributed by atoms with E-state index in [1.807, 2.05) is 12.1 Å². The summed E-state index contributed by atoms with van der Waals surface area (Å²) in [5, 5.41) is 7.37. The number of hydrogen-bond acceptors (Lipinski definition) is 6. The Balaban J connectivity index is 1.37. The fraction of sp³-hybridized carbons (Fsp3) is 0.316. The van der Waals surface area contributed by atoms with Gasteiger partial charge in [0.25, 0.3) is 0 Å². The monoisotopic (exact) mass is 398 g/mol. The standard InChI is InChI=1S/C19H19ClN6O2/c20-14-5-1-2-6-15(14)23-19(27)26-9-3-4-13(12-26)10-17-24-18(25-28-17)16-11-21-7-8-22-16/h1-2,5-8,11,13H,3-4,9-10,12H2,(H,23,27)/t13-/m0/s1. The SMILES string of the molecule is O=C(Nc1ccccc1Cl)N1CCC[C@@H](Cc2nc(-c3cnccn3)no2)C1. The summed E-state index contributed by atoms with van der Waals surface area (Å²) in [4.78, 5) is 27.0. The fourth-order valence-electron chi connectivity index (χ4n) is 3.28. The van der Waals surface area contributed by atoms with Gasteiger partial charge >= 0.3 is 6.03 Å². The van der Waals surface area contributed by atoms with Gasteiger partial charge in [0.15, 0.2) is 0 Å². The molecule has 28 heavy (non-hydrogen) atoms. The summed E-state index contributed by atoms with van der Waals surface area (Å²) >= 11 is 6.13. The molecule has 0 spiro atoms. The Labute approximate surface area is 166 Å². The molecule has 9 heteroatoms. The molecule has 0 unspecified atom stereocenters. The normalized spacial score (nSPS) is 16.8. The van der Waals surface area contributed by atoms with E-state index in [1.54, 1.807) is 35.6 Å². The second-order valence-corrected chi connectivity index (χ2v) is 7.08. The first-order valence-electron chi connectivity index (χ1n) is 9.08. The number of nitrogens with zero attached hydrogens (tertiary/aromatic N) is 5. The van der Waals surface area contributed by atoms with E-state index in [4.69, 9.17) is 16.1 Å². The first kappa shape index (κ1) is 18.4. The van der Waals surface area contributed by atoms with Gasteiger partial charge in [-0.2, -0.15) is 4.98 Å². The first-order chi connectivity index (χ1) is 13.7. The van der Waals surface area contributed by atoms with Crippen LogP contribution in [0.1, 0.15) is 18.7 Å². The molecule has 3 heterocycles. The number of rotatable bonds is 4. The lowest BCUT2D eigenvalue weighted by Gasteiger charge is -2.32. The lowest BCUT2D eigenvalue weighted by molar-refractivity contribution is 0.173. The molecule has 4 rings (SSSR count). The van der Waals surface area contributed by atoms with E-state index in [2.05, 4.69) is 25.4 Å². The molecular formula is C19H19ClN6O2. The number of nitrogens with one attached hydrogen (secondary N) is 1. The molecule has 0 bridgehead atoms. The minimum absolute atomic E-state index is 0.149. The van der Waals surface area contributed by atoms with Crippen molar-refractivity contribution in [2.45, 2.75) is 19.3 Å². The van der Waals surface area contributed by atoms with Gasteiger partial charge in [0.1, 0.15) is 5.69 Å². The van der Waals surface area contributed by atoms with Crippen molar-refractivity contribution in [3.63, 3.8) is 0 Å². The molecule has 2 amide bonds. The average Bonchev–Trinajstić information content (AvgIpc) is 3.19. The van der Waals surface area contributed by atoms with Crippen LogP contribution in [0.2, 0.25) is 5.02 Å². The maximum Gasteiger partial charge on any atom is 0.321 e. The van der Waals surface area contributed by atoms with Gasteiger partial charge in [-0.15, -0.1) is 0 Å². The number of hydrogen-bond donors (Lipinski definition) is 1. The molecule has 1 N–H and O–H groups in total. The summed E-state index contributed by atoms with van der Waals surface area (Å²) in [6.07, 6.45) is 7.31. The maximum absolute atomic E-state index is 12.6. The number of para-hydroxylation sites is 1. The van der Waals surface area contributed by atoms with Gasteiger partial charge in [-0.3, -0.25) is 4.98 Å². The number of likely N-dealkylation sites (tertiary alicyclic amines) is 1. The smallest absolute Gasteiger partial charge is 0.321 e. The zero-order chi connectivity index (χ0) is 19.3. The highest BCUT2D eigenvalue weighted by Gasteiger charge is 2.26. The van der Waals surface area contributed by atoms with Crippen molar-refractivity contribution in [3.8, 4) is 11.5 Å². The van der Waals surface area contributed by atoms with Crippen LogP contribution in [0.4, 0.5) is 10.5 Å². The van der Waals surface area contributed by atoms with Crippen LogP contribution in [-0.2, 0) is 6.42 Å². The molecule has 8 nitrogen and oxygen atoms in total. The van der Waals surface area contributed by atoms with E-state index in [9.17, 15) is 4.79 Å². The first-order valence-corrected chi connectivity index (χ1v) is 9.46. The number of amides is 2. The summed E-state index contributed by atoms with van der Waals surface area (Å²) in [5.41, 5.74) is 1.18. The van der Waals surface area contributed by atoms with E-state index in [-0.39, 0.29) is 11.9 Å². The van der Waals surface area contributed by atoms with Gasteiger partial charge in [-0.05, 0) is 30.9 Å². The van der Waals surface area contributed by atoms with E-state index in [1.165, 1.54) is 0 Å². The Morgan fingerprint density at radius 3 is 3.04 bits per heavy atom. The third-order valence-corrected chi connectivity index (χ3v) is 4.97. The molecule has 0 saturated carbocycles. The zero-order valence-corrected chi connectivity index (χ0v) is 15.8. The topological polar surface area (TPSA) is 97.0 Å². The summed E-state index contributed by atoms with van der Waals surface area (Å²) in [6.45, 7) is 1.33. The molecule has 1 aromatic carbocycles. The third-order valence-electron chi connectivity index (χ3n) is 4.65. The minimum atomic E-state index is -0.149. The molecule has 1 atom stereocenters. The number of carbonyl (C=O) groups excluding carboxylic acids is 1. The van der Waals surface area contributed by atoms with Crippen LogP contribution in [-0.4, -0.2) is 44.1 Å². The third kappa shape index (κ3) is 4.28. The molecule has 0 aliphatic carbocycles. The number of aromatic nitrogens is 4. The van der Waals surface area contributed by atoms with Crippen LogP contribution >= 0.6 is 11.6 Å².